The van der Waals surface area contributed by atoms with Crippen molar-refractivity contribution in [2.45, 2.75) is 52.1 Å². The normalized spacial score (nSPS) is 15.1. The Morgan fingerprint density at radius 2 is 2.26 bits per heavy atom. The van der Waals surface area contributed by atoms with E-state index in [0.29, 0.717) is 0 Å². The van der Waals surface area contributed by atoms with Gasteiger partial charge in [0.25, 0.3) is 5.91 Å². The molecule has 0 saturated heterocycles. The number of hydrogen-bond acceptors (Lipinski definition) is 3. The number of aryl methyl sites for hydroxylation is 2. The minimum Gasteiger partial charge on any atom is -0.339 e. The Morgan fingerprint density at radius 1 is 1.43 bits per heavy atom. The van der Waals surface area contributed by atoms with Crippen molar-refractivity contribution in [2.75, 3.05) is 7.05 Å². The predicted octanol–water partition coefficient (Wildman–Crippen LogP) is 2.63. The van der Waals surface area contributed by atoms with Gasteiger partial charge in [-0.2, -0.15) is 5.10 Å². The van der Waals surface area contributed by atoms with Gasteiger partial charge in [0.2, 0.25) is 0 Å². The fourth-order valence-electron chi connectivity index (χ4n) is 3.14. The molecule has 1 atom stereocenters. The highest BCUT2D eigenvalue weighted by atomic mass is 16.2. The lowest BCUT2D eigenvalue weighted by molar-refractivity contribution is 0.0741. The van der Waals surface area contributed by atoms with Gasteiger partial charge in [-0.25, -0.2) is 0 Å². The summed E-state index contributed by atoms with van der Waals surface area (Å²) >= 11 is 0. The molecular weight excluding hydrogens is 288 g/mol. The number of carbonyl (C=O) groups is 1. The van der Waals surface area contributed by atoms with Crippen molar-refractivity contribution in [1.82, 2.24) is 19.7 Å². The van der Waals surface area contributed by atoms with Crippen molar-refractivity contribution < 1.29 is 4.79 Å². The van der Waals surface area contributed by atoms with Crippen molar-refractivity contribution in [2.24, 2.45) is 0 Å². The molecule has 0 aliphatic carbocycles. The second-order valence-corrected chi connectivity index (χ2v) is 6.48. The molecule has 0 radical (unpaired) electrons. The van der Waals surface area contributed by atoms with Crippen LogP contribution in [-0.2, 0) is 19.4 Å². The molecule has 23 heavy (non-hydrogen) atoms. The SMILES string of the molecule is Cc1ccnc(CC(C)N(C)C(=O)c2cnn3c2CCCC3)c1. The third-order valence-corrected chi connectivity index (χ3v) is 4.67. The Bertz CT molecular complexity index is 707. The summed E-state index contributed by atoms with van der Waals surface area (Å²) in [5, 5.41) is 4.37. The van der Waals surface area contributed by atoms with Crippen molar-refractivity contribution >= 4 is 5.91 Å². The van der Waals surface area contributed by atoms with Crippen LogP contribution in [0.3, 0.4) is 0 Å². The Kier molecular flexibility index (Phi) is 4.46. The monoisotopic (exact) mass is 312 g/mol. The van der Waals surface area contributed by atoms with Crippen LogP contribution in [0, 0.1) is 6.92 Å². The molecule has 0 N–H and O–H groups in total. The molecule has 0 bridgehead atoms. The fourth-order valence-corrected chi connectivity index (χ4v) is 3.14. The standard InChI is InChI=1S/C18H24N4O/c1-13-7-8-19-15(10-13)11-14(2)21(3)18(23)16-12-20-22-9-5-4-6-17(16)22/h7-8,10,12,14H,4-6,9,11H2,1-3H3. The number of aromatic nitrogens is 3. The summed E-state index contributed by atoms with van der Waals surface area (Å²) in [6, 6.07) is 4.16. The molecule has 122 valence electrons. The summed E-state index contributed by atoms with van der Waals surface area (Å²) in [5.41, 5.74) is 4.07. The average Bonchev–Trinajstić information content (AvgIpc) is 2.97. The van der Waals surface area contributed by atoms with Gasteiger partial charge in [-0.15, -0.1) is 0 Å². The number of amides is 1. The molecule has 0 fully saturated rings. The first-order chi connectivity index (χ1) is 11.1. The second kappa shape index (κ2) is 6.52. The number of likely N-dealkylation sites (N-methyl/N-ethyl adjacent to an activating group) is 1. The number of rotatable bonds is 4. The van der Waals surface area contributed by atoms with Gasteiger partial charge < -0.3 is 4.90 Å². The van der Waals surface area contributed by atoms with Crippen molar-refractivity contribution in [3.05, 3.63) is 47.0 Å². The highest BCUT2D eigenvalue weighted by Gasteiger charge is 2.24. The smallest absolute Gasteiger partial charge is 0.257 e. The van der Waals surface area contributed by atoms with E-state index in [4.69, 9.17) is 0 Å². The lowest BCUT2D eigenvalue weighted by Crippen LogP contribution is -2.37. The van der Waals surface area contributed by atoms with E-state index in [1.165, 1.54) is 5.56 Å². The molecule has 0 spiro atoms. The zero-order valence-electron chi connectivity index (χ0n) is 14.1. The highest BCUT2D eigenvalue weighted by molar-refractivity contribution is 5.95. The van der Waals surface area contributed by atoms with Crippen LogP contribution in [-0.4, -0.2) is 38.7 Å². The van der Waals surface area contributed by atoms with Crippen LogP contribution < -0.4 is 0 Å². The predicted molar refractivity (Wildman–Crippen MR) is 89.4 cm³/mol. The molecule has 0 saturated carbocycles. The Labute approximate surface area is 137 Å². The molecule has 1 amide bonds. The molecule has 1 aliphatic rings. The van der Waals surface area contributed by atoms with Crippen molar-refractivity contribution in [1.29, 1.82) is 0 Å². The zero-order valence-corrected chi connectivity index (χ0v) is 14.1. The molecule has 2 aromatic heterocycles. The average molecular weight is 312 g/mol. The zero-order chi connectivity index (χ0) is 16.4. The maximum atomic E-state index is 12.8. The third kappa shape index (κ3) is 3.28. The largest absolute Gasteiger partial charge is 0.339 e. The van der Waals surface area contributed by atoms with E-state index in [2.05, 4.69) is 30.0 Å². The Morgan fingerprint density at radius 3 is 3.04 bits per heavy atom. The van der Waals surface area contributed by atoms with Gasteiger partial charge >= 0.3 is 0 Å². The molecule has 2 aromatic rings. The number of carbonyl (C=O) groups excluding carboxylic acids is 1. The quantitative estimate of drug-likeness (QED) is 0.872. The Hall–Kier alpha value is -2.17. The highest BCUT2D eigenvalue weighted by Crippen LogP contribution is 2.20. The van der Waals surface area contributed by atoms with Crippen LogP contribution in [0.1, 0.15) is 47.1 Å². The van der Waals surface area contributed by atoms with Crippen LogP contribution >= 0.6 is 0 Å². The van der Waals surface area contributed by atoms with E-state index in [1.54, 1.807) is 6.20 Å². The van der Waals surface area contributed by atoms with Crippen LogP contribution in [0.25, 0.3) is 0 Å². The first kappa shape index (κ1) is 15.7. The summed E-state index contributed by atoms with van der Waals surface area (Å²) in [7, 11) is 1.87. The molecule has 3 heterocycles. The molecule has 5 heteroatoms. The van der Waals surface area contributed by atoms with Gasteiger partial charge in [-0.05, 0) is 50.8 Å². The maximum absolute atomic E-state index is 12.8. The summed E-state index contributed by atoms with van der Waals surface area (Å²) in [5.74, 6) is 0.0632. The van der Waals surface area contributed by atoms with Crippen molar-refractivity contribution in [3.8, 4) is 0 Å². The lowest BCUT2D eigenvalue weighted by atomic mass is 10.0. The first-order valence-corrected chi connectivity index (χ1v) is 8.29. The fraction of sp³-hybridized carbons (Fsp3) is 0.500. The Balaban J connectivity index is 1.73. The number of hydrogen-bond donors (Lipinski definition) is 0. The van der Waals surface area contributed by atoms with Gasteiger partial charge in [0.05, 0.1) is 17.5 Å². The minimum atomic E-state index is 0.0632. The van der Waals surface area contributed by atoms with Crippen molar-refractivity contribution in [3.63, 3.8) is 0 Å². The summed E-state index contributed by atoms with van der Waals surface area (Å²) in [6.07, 6.45) is 7.55. The van der Waals surface area contributed by atoms with Crippen LogP contribution in [0.5, 0.6) is 0 Å². The van der Waals surface area contributed by atoms with Gasteiger partial charge in [0.1, 0.15) is 0 Å². The van der Waals surface area contributed by atoms with E-state index in [9.17, 15) is 4.79 Å². The lowest BCUT2D eigenvalue weighted by Gasteiger charge is -2.25. The summed E-state index contributed by atoms with van der Waals surface area (Å²) < 4.78 is 1.98. The minimum absolute atomic E-state index is 0.0632. The first-order valence-electron chi connectivity index (χ1n) is 8.29. The molecule has 3 rings (SSSR count). The van der Waals surface area contributed by atoms with Crippen LogP contribution in [0.15, 0.2) is 24.5 Å². The second-order valence-electron chi connectivity index (χ2n) is 6.48. The number of pyridine rings is 1. The summed E-state index contributed by atoms with van der Waals surface area (Å²) in [6.45, 7) is 5.05. The molecule has 5 nitrogen and oxygen atoms in total. The van der Waals surface area contributed by atoms with Gasteiger partial charge in [0.15, 0.2) is 0 Å². The van der Waals surface area contributed by atoms with Gasteiger partial charge in [-0.3, -0.25) is 14.5 Å². The third-order valence-electron chi connectivity index (χ3n) is 4.67. The van der Waals surface area contributed by atoms with E-state index < -0.39 is 0 Å². The van der Waals surface area contributed by atoms with E-state index in [0.717, 1.165) is 49.2 Å². The van der Waals surface area contributed by atoms with E-state index in [-0.39, 0.29) is 11.9 Å². The molecule has 0 aromatic carbocycles. The molecule has 1 unspecified atom stereocenters. The number of nitrogens with zero attached hydrogens (tertiary/aromatic N) is 4. The van der Waals surface area contributed by atoms with Gasteiger partial charge in [0, 0.05) is 37.9 Å². The maximum Gasteiger partial charge on any atom is 0.257 e. The topological polar surface area (TPSA) is 51.0 Å². The molecule has 1 aliphatic heterocycles. The number of fused-ring (bicyclic) bond motifs is 1. The van der Waals surface area contributed by atoms with Gasteiger partial charge in [-0.1, -0.05) is 0 Å². The van der Waals surface area contributed by atoms with Crippen LogP contribution in [0.4, 0.5) is 0 Å². The van der Waals surface area contributed by atoms with E-state index in [1.807, 2.05) is 28.9 Å². The van der Waals surface area contributed by atoms with Crippen LogP contribution in [0.2, 0.25) is 0 Å². The summed E-state index contributed by atoms with van der Waals surface area (Å²) in [4.78, 5) is 19.0. The van der Waals surface area contributed by atoms with E-state index >= 15 is 0 Å². The molecular formula is C18H24N4O.